The first-order valence-corrected chi connectivity index (χ1v) is 8.87. The number of carbonyl (C=O) groups excluding carboxylic acids is 2. The minimum Gasteiger partial charge on any atom is -0.349 e. The van der Waals surface area contributed by atoms with Gasteiger partial charge in [0.1, 0.15) is 0 Å². The van der Waals surface area contributed by atoms with Gasteiger partial charge >= 0.3 is 0 Å². The Bertz CT molecular complexity index is 779. The van der Waals surface area contributed by atoms with Gasteiger partial charge in [-0.05, 0) is 55.4 Å². The fourth-order valence-corrected chi connectivity index (χ4v) is 3.68. The van der Waals surface area contributed by atoms with E-state index in [1.54, 1.807) is 12.3 Å². The summed E-state index contributed by atoms with van der Waals surface area (Å²) in [7, 11) is 0. The first-order chi connectivity index (χ1) is 12.2. The molecule has 2 amide bonds. The molecule has 4 rings (SSSR count). The van der Waals surface area contributed by atoms with Crippen LogP contribution in [0, 0.1) is 5.92 Å². The van der Waals surface area contributed by atoms with Crippen molar-refractivity contribution in [3.8, 4) is 0 Å². The van der Waals surface area contributed by atoms with Gasteiger partial charge < -0.3 is 15.2 Å². The predicted molar refractivity (Wildman–Crippen MR) is 94.2 cm³/mol. The molecule has 25 heavy (non-hydrogen) atoms. The standard InChI is InChI=1S/C19H22N4O2/c24-18-3-1-2-14-10-15(4-5-17(14)22-18)19(25)21-16-8-13(9-16)11-23-7-6-20-12-23/h4-7,10,12-13,16H,1-3,8-9,11H2,(H,21,25)(H,22,24). The number of nitrogens with one attached hydrogen (secondary N) is 2. The molecule has 0 radical (unpaired) electrons. The maximum atomic E-state index is 12.5. The van der Waals surface area contributed by atoms with Crippen molar-refractivity contribution < 1.29 is 9.59 Å². The maximum Gasteiger partial charge on any atom is 0.251 e. The van der Waals surface area contributed by atoms with E-state index in [9.17, 15) is 9.59 Å². The van der Waals surface area contributed by atoms with Gasteiger partial charge in [-0.3, -0.25) is 9.59 Å². The number of hydrogen-bond acceptors (Lipinski definition) is 3. The topological polar surface area (TPSA) is 76.0 Å². The average molecular weight is 338 g/mol. The van der Waals surface area contributed by atoms with E-state index in [1.165, 1.54) is 0 Å². The smallest absolute Gasteiger partial charge is 0.251 e. The van der Waals surface area contributed by atoms with Crippen molar-refractivity contribution in [2.24, 2.45) is 5.92 Å². The van der Waals surface area contributed by atoms with Gasteiger partial charge in [0.15, 0.2) is 0 Å². The molecule has 1 aromatic heterocycles. The summed E-state index contributed by atoms with van der Waals surface area (Å²) < 4.78 is 2.09. The molecule has 1 aliphatic carbocycles. The number of carbonyl (C=O) groups is 2. The maximum absolute atomic E-state index is 12.5. The van der Waals surface area contributed by atoms with E-state index >= 15 is 0 Å². The zero-order valence-electron chi connectivity index (χ0n) is 14.1. The predicted octanol–water partition coefficient (Wildman–Crippen LogP) is 2.37. The van der Waals surface area contributed by atoms with Crippen LogP contribution >= 0.6 is 0 Å². The lowest BCUT2D eigenvalue weighted by Crippen LogP contribution is -2.45. The summed E-state index contributed by atoms with van der Waals surface area (Å²) in [5.74, 6) is 0.626. The van der Waals surface area contributed by atoms with Crippen molar-refractivity contribution in [3.63, 3.8) is 0 Å². The third-order valence-corrected chi connectivity index (χ3v) is 5.09. The molecule has 0 bridgehead atoms. The van der Waals surface area contributed by atoms with E-state index in [-0.39, 0.29) is 17.9 Å². The van der Waals surface area contributed by atoms with Gasteiger partial charge in [0, 0.05) is 42.7 Å². The fraction of sp³-hybridized carbons (Fsp3) is 0.421. The Hall–Kier alpha value is -2.63. The molecule has 1 saturated carbocycles. The number of hydrogen-bond donors (Lipinski definition) is 2. The zero-order valence-corrected chi connectivity index (χ0v) is 14.1. The molecule has 0 atom stereocenters. The van der Waals surface area contributed by atoms with Crippen LogP contribution in [-0.2, 0) is 17.8 Å². The lowest BCUT2D eigenvalue weighted by Gasteiger charge is -2.36. The van der Waals surface area contributed by atoms with Crippen molar-refractivity contribution in [2.75, 3.05) is 5.32 Å². The minimum atomic E-state index is -0.0237. The summed E-state index contributed by atoms with van der Waals surface area (Å²) in [6, 6.07) is 5.80. The Kier molecular flexibility index (Phi) is 4.26. The van der Waals surface area contributed by atoms with E-state index in [2.05, 4.69) is 20.2 Å². The number of fused-ring (bicyclic) bond motifs is 1. The Morgan fingerprint density at radius 2 is 2.20 bits per heavy atom. The van der Waals surface area contributed by atoms with Crippen LogP contribution in [-0.4, -0.2) is 27.4 Å². The molecule has 6 heteroatoms. The Morgan fingerprint density at radius 1 is 1.32 bits per heavy atom. The molecule has 0 saturated heterocycles. The SMILES string of the molecule is O=C1CCCc2cc(C(=O)NC3CC(Cn4ccnc4)C3)ccc2N1. The molecule has 130 valence electrons. The molecular formula is C19H22N4O2. The third-order valence-electron chi connectivity index (χ3n) is 5.09. The van der Waals surface area contributed by atoms with E-state index in [0.29, 0.717) is 17.9 Å². The number of imidazole rings is 1. The van der Waals surface area contributed by atoms with Gasteiger partial charge in [0.05, 0.1) is 6.33 Å². The monoisotopic (exact) mass is 338 g/mol. The van der Waals surface area contributed by atoms with Crippen LogP contribution in [0.5, 0.6) is 0 Å². The molecule has 1 aromatic carbocycles. The van der Waals surface area contributed by atoms with Gasteiger partial charge in [0.25, 0.3) is 5.91 Å². The van der Waals surface area contributed by atoms with Gasteiger partial charge in [0.2, 0.25) is 5.91 Å². The molecule has 2 aliphatic rings. The highest BCUT2D eigenvalue weighted by molar-refractivity contribution is 5.97. The van der Waals surface area contributed by atoms with Crippen LogP contribution in [0.25, 0.3) is 0 Å². The van der Waals surface area contributed by atoms with Crippen molar-refractivity contribution in [1.29, 1.82) is 0 Å². The first kappa shape index (κ1) is 15.9. The van der Waals surface area contributed by atoms with E-state index < -0.39 is 0 Å². The second-order valence-electron chi connectivity index (χ2n) is 7.04. The highest BCUT2D eigenvalue weighted by Gasteiger charge is 2.30. The van der Waals surface area contributed by atoms with Crippen LogP contribution in [0.15, 0.2) is 36.9 Å². The van der Waals surface area contributed by atoms with Gasteiger partial charge in [-0.15, -0.1) is 0 Å². The summed E-state index contributed by atoms with van der Waals surface area (Å²) in [5, 5.41) is 6.02. The number of rotatable bonds is 4. The fourth-order valence-electron chi connectivity index (χ4n) is 3.68. The largest absolute Gasteiger partial charge is 0.349 e. The van der Waals surface area contributed by atoms with Gasteiger partial charge in [-0.2, -0.15) is 0 Å². The molecular weight excluding hydrogens is 316 g/mol. The highest BCUT2D eigenvalue weighted by Crippen LogP contribution is 2.29. The number of nitrogens with zero attached hydrogens (tertiary/aromatic N) is 2. The first-order valence-electron chi connectivity index (χ1n) is 8.87. The lowest BCUT2D eigenvalue weighted by molar-refractivity contribution is -0.116. The number of aromatic nitrogens is 2. The van der Waals surface area contributed by atoms with Gasteiger partial charge in [-0.1, -0.05) is 0 Å². The van der Waals surface area contributed by atoms with Crippen molar-refractivity contribution >= 4 is 17.5 Å². The lowest BCUT2D eigenvalue weighted by atomic mass is 9.80. The normalized spacial score (nSPS) is 22.3. The Morgan fingerprint density at radius 3 is 3.00 bits per heavy atom. The van der Waals surface area contributed by atoms with Gasteiger partial charge in [-0.25, -0.2) is 4.98 Å². The van der Waals surface area contributed by atoms with Crippen LogP contribution in [0.4, 0.5) is 5.69 Å². The van der Waals surface area contributed by atoms with Crippen molar-refractivity contribution in [1.82, 2.24) is 14.9 Å². The number of amides is 2. The third kappa shape index (κ3) is 3.57. The van der Waals surface area contributed by atoms with E-state index in [0.717, 1.165) is 43.5 Å². The Balaban J connectivity index is 1.33. The average Bonchev–Trinajstić information content (AvgIpc) is 2.99. The molecule has 1 aliphatic heterocycles. The minimum absolute atomic E-state index is 0.0237. The van der Waals surface area contributed by atoms with Crippen LogP contribution in [0.1, 0.15) is 41.6 Å². The highest BCUT2D eigenvalue weighted by atomic mass is 16.2. The van der Waals surface area contributed by atoms with Crippen LogP contribution in [0.2, 0.25) is 0 Å². The number of benzene rings is 1. The molecule has 0 unspecified atom stereocenters. The van der Waals surface area contributed by atoms with E-state index in [1.807, 2.05) is 24.7 Å². The van der Waals surface area contributed by atoms with E-state index in [4.69, 9.17) is 0 Å². The second-order valence-corrected chi connectivity index (χ2v) is 7.04. The van der Waals surface area contributed by atoms with Crippen LogP contribution in [0.3, 0.4) is 0 Å². The number of aryl methyl sites for hydroxylation is 1. The molecule has 2 N–H and O–H groups in total. The number of anilines is 1. The zero-order chi connectivity index (χ0) is 17.2. The summed E-state index contributed by atoms with van der Waals surface area (Å²) in [5.41, 5.74) is 2.56. The molecule has 0 spiro atoms. The summed E-state index contributed by atoms with van der Waals surface area (Å²) in [4.78, 5) is 28.2. The van der Waals surface area contributed by atoms with Crippen LogP contribution < -0.4 is 10.6 Å². The summed E-state index contributed by atoms with van der Waals surface area (Å²) in [6.07, 6.45) is 9.79. The molecule has 2 heterocycles. The van der Waals surface area contributed by atoms with Crippen molar-refractivity contribution in [3.05, 3.63) is 48.0 Å². The molecule has 2 aromatic rings. The molecule has 1 fully saturated rings. The van der Waals surface area contributed by atoms with Crippen molar-refractivity contribution in [2.45, 2.75) is 44.7 Å². The molecule has 6 nitrogen and oxygen atoms in total. The quantitative estimate of drug-likeness (QED) is 0.898. The summed E-state index contributed by atoms with van der Waals surface area (Å²) in [6.45, 7) is 0.963. The summed E-state index contributed by atoms with van der Waals surface area (Å²) >= 11 is 0. The second kappa shape index (κ2) is 6.70. The Labute approximate surface area is 146 Å².